The molecule has 1 aromatic rings. The van der Waals surface area contributed by atoms with Crippen molar-refractivity contribution in [1.29, 1.82) is 0 Å². The molecule has 0 saturated carbocycles. The molecule has 1 heterocycles. The van der Waals surface area contributed by atoms with Crippen LogP contribution in [0, 0.1) is 0 Å². The molecule has 1 aliphatic rings. The Bertz CT molecular complexity index is 454. The van der Waals surface area contributed by atoms with E-state index in [2.05, 4.69) is 5.32 Å². The van der Waals surface area contributed by atoms with Gasteiger partial charge in [-0.15, -0.1) is 0 Å². The van der Waals surface area contributed by atoms with Crippen molar-refractivity contribution >= 4 is 11.6 Å². The fourth-order valence-corrected chi connectivity index (χ4v) is 2.30. The van der Waals surface area contributed by atoms with Crippen LogP contribution in [-0.2, 0) is 4.79 Å². The minimum atomic E-state index is -2.60. The van der Waals surface area contributed by atoms with Gasteiger partial charge in [0.25, 0.3) is 6.43 Å². The van der Waals surface area contributed by atoms with Crippen molar-refractivity contribution in [2.45, 2.75) is 12.3 Å². The quantitative estimate of drug-likeness (QED) is 0.847. The van der Waals surface area contributed by atoms with Gasteiger partial charge in [-0.05, 0) is 11.6 Å². The van der Waals surface area contributed by atoms with Crippen LogP contribution in [0.25, 0.3) is 0 Å². The zero-order valence-corrected chi connectivity index (χ0v) is 10.4. The predicted octanol–water partition coefficient (Wildman–Crippen LogP) is 1.28. The molecule has 2 N–H and O–H groups in total. The Balaban J connectivity index is 2.14. The molecule has 4 nitrogen and oxygen atoms in total. The van der Waals surface area contributed by atoms with Crippen LogP contribution in [0.3, 0.4) is 0 Å². The molecule has 1 amide bonds. The van der Waals surface area contributed by atoms with Gasteiger partial charge >= 0.3 is 0 Å². The fraction of sp³-hybridized carbons (Fsp3) is 0.462. The maximum absolute atomic E-state index is 12.5. The van der Waals surface area contributed by atoms with E-state index in [1.807, 2.05) is 24.3 Å². The molecule has 0 saturated heterocycles. The van der Waals surface area contributed by atoms with Gasteiger partial charge < -0.3 is 15.3 Å². The van der Waals surface area contributed by atoms with E-state index >= 15 is 0 Å². The second kappa shape index (κ2) is 5.97. The predicted molar refractivity (Wildman–Crippen MR) is 67.3 cm³/mol. The van der Waals surface area contributed by atoms with Crippen LogP contribution in [0.5, 0.6) is 0 Å². The number of halogens is 2. The number of aliphatic hydroxyl groups excluding tert-OH is 1. The number of rotatable bonds is 5. The van der Waals surface area contributed by atoms with Gasteiger partial charge in [-0.3, -0.25) is 4.79 Å². The molecular formula is C13H16F2N2O2. The van der Waals surface area contributed by atoms with Crippen molar-refractivity contribution < 1.29 is 18.7 Å². The van der Waals surface area contributed by atoms with E-state index in [0.717, 1.165) is 16.2 Å². The lowest BCUT2D eigenvalue weighted by molar-refractivity contribution is -0.134. The van der Waals surface area contributed by atoms with Crippen molar-refractivity contribution in [2.24, 2.45) is 0 Å². The van der Waals surface area contributed by atoms with Gasteiger partial charge in [0, 0.05) is 18.8 Å². The van der Waals surface area contributed by atoms with Crippen LogP contribution in [0.1, 0.15) is 11.5 Å². The number of carbonyl (C=O) groups is 1. The number of fused-ring (bicyclic) bond motifs is 1. The Morgan fingerprint density at radius 3 is 2.89 bits per heavy atom. The summed E-state index contributed by atoms with van der Waals surface area (Å²) in [4.78, 5) is 13.3. The molecule has 104 valence electrons. The number of amides is 1. The summed E-state index contributed by atoms with van der Waals surface area (Å²) in [5.41, 5.74) is 1.69. The number of nitrogens with one attached hydrogen (secondary N) is 1. The Kier molecular flexibility index (Phi) is 4.31. The molecule has 0 aromatic heterocycles. The second-order valence-corrected chi connectivity index (χ2v) is 4.42. The normalized spacial score (nSPS) is 17.2. The number of aliphatic hydroxyl groups is 1. The highest BCUT2D eigenvalue weighted by molar-refractivity contribution is 5.88. The summed E-state index contributed by atoms with van der Waals surface area (Å²) in [6.07, 6.45) is -2.60. The van der Waals surface area contributed by atoms with Gasteiger partial charge in [0.1, 0.15) is 0 Å². The largest absolute Gasteiger partial charge is 0.395 e. The highest BCUT2D eigenvalue weighted by Gasteiger charge is 2.32. The minimum absolute atomic E-state index is 0.0676. The molecule has 1 unspecified atom stereocenters. The number of benzene rings is 1. The summed E-state index contributed by atoms with van der Waals surface area (Å²) in [5.74, 6) is -0.826. The molecule has 0 aliphatic carbocycles. The van der Waals surface area contributed by atoms with Gasteiger partial charge in [0.2, 0.25) is 5.91 Å². The van der Waals surface area contributed by atoms with Gasteiger partial charge in [0.05, 0.1) is 19.1 Å². The van der Waals surface area contributed by atoms with Crippen molar-refractivity contribution in [1.82, 2.24) is 4.90 Å². The Morgan fingerprint density at radius 2 is 2.21 bits per heavy atom. The number of alkyl halides is 2. The van der Waals surface area contributed by atoms with Crippen molar-refractivity contribution in [3.63, 3.8) is 0 Å². The number of carbonyl (C=O) groups excluding carboxylic acids is 1. The average molecular weight is 270 g/mol. The van der Waals surface area contributed by atoms with Gasteiger partial charge in [-0.2, -0.15) is 0 Å². The zero-order valence-electron chi connectivity index (χ0n) is 10.4. The minimum Gasteiger partial charge on any atom is -0.395 e. The monoisotopic (exact) mass is 270 g/mol. The van der Waals surface area contributed by atoms with Gasteiger partial charge in [-0.25, -0.2) is 8.78 Å². The molecule has 1 atom stereocenters. The van der Waals surface area contributed by atoms with E-state index in [-0.39, 0.29) is 19.1 Å². The number of hydrogen-bond acceptors (Lipinski definition) is 3. The second-order valence-electron chi connectivity index (χ2n) is 4.42. The third kappa shape index (κ3) is 3.01. The topological polar surface area (TPSA) is 52.6 Å². The summed E-state index contributed by atoms with van der Waals surface area (Å²) >= 11 is 0. The van der Waals surface area contributed by atoms with E-state index < -0.39 is 18.9 Å². The molecule has 1 aliphatic heterocycles. The van der Waals surface area contributed by atoms with E-state index in [0.29, 0.717) is 6.54 Å². The third-order valence-electron chi connectivity index (χ3n) is 3.17. The van der Waals surface area contributed by atoms with Crippen LogP contribution < -0.4 is 5.32 Å². The van der Waals surface area contributed by atoms with Crippen molar-refractivity contribution in [2.75, 3.05) is 31.6 Å². The Labute approximate surface area is 110 Å². The lowest BCUT2D eigenvalue weighted by Gasteiger charge is -2.24. The maximum Gasteiger partial charge on any atom is 0.255 e. The smallest absolute Gasteiger partial charge is 0.255 e. The molecule has 0 radical (unpaired) electrons. The SMILES string of the molecule is O=C(C1CNc2ccccc21)N(CCO)CC(F)F. The van der Waals surface area contributed by atoms with E-state index in [1.165, 1.54) is 0 Å². The van der Waals surface area contributed by atoms with E-state index in [4.69, 9.17) is 5.11 Å². The number of nitrogens with zero attached hydrogens (tertiary/aromatic N) is 1. The number of hydrogen-bond donors (Lipinski definition) is 2. The molecule has 6 heteroatoms. The Hall–Kier alpha value is -1.69. The third-order valence-corrected chi connectivity index (χ3v) is 3.17. The van der Waals surface area contributed by atoms with E-state index in [9.17, 15) is 13.6 Å². The summed E-state index contributed by atoms with van der Waals surface area (Å²) in [7, 11) is 0. The first-order chi connectivity index (χ1) is 9.13. The number of para-hydroxylation sites is 1. The van der Waals surface area contributed by atoms with Crippen LogP contribution in [-0.4, -0.2) is 48.6 Å². The highest BCUT2D eigenvalue weighted by atomic mass is 19.3. The van der Waals surface area contributed by atoms with Crippen LogP contribution >= 0.6 is 0 Å². The Morgan fingerprint density at radius 1 is 1.47 bits per heavy atom. The molecule has 2 rings (SSSR count). The van der Waals surface area contributed by atoms with Gasteiger partial charge in [0.15, 0.2) is 0 Å². The first-order valence-corrected chi connectivity index (χ1v) is 6.14. The maximum atomic E-state index is 12.5. The highest BCUT2D eigenvalue weighted by Crippen LogP contribution is 2.32. The standard InChI is InChI=1S/C13H16F2N2O2/c14-12(15)8-17(5-6-18)13(19)10-7-16-11-4-2-1-3-9(10)11/h1-4,10,12,16,18H,5-8H2. The first kappa shape index (κ1) is 13.7. The van der Waals surface area contributed by atoms with Crippen LogP contribution in [0.15, 0.2) is 24.3 Å². The van der Waals surface area contributed by atoms with E-state index in [1.54, 1.807) is 0 Å². The first-order valence-electron chi connectivity index (χ1n) is 6.14. The molecule has 0 fully saturated rings. The van der Waals surface area contributed by atoms with Gasteiger partial charge in [-0.1, -0.05) is 18.2 Å². The summed E-state index contributed by atoms with van der Waals surface area (Å²) < 4.78 is 24.9. The van der Waals surface area contributed by atoms with Crippen molar-refractivity contribution in [3.05, 3.63) is 29.8 Å². The molecule has 1 aromatic carbocycles. The van der Waals surface area contributed by atoms with Crippen molar-refractivity contribution in [3.8, 4) is 0 Å². The zero-order chi connectivity index (χ0) is 13.8. The fourth-order valence-electron chi connectivity index (χ4n) is 2.30. The van der Waals surface area contributed by atoms with Crippen LogP contribution in [0.2, 0.25) is 0 Å². The summed E-state index contributed by atoms with van der Waals surface area (Å²) in [6.45, 7) is -0.622. The average Bonchev–Trinajstić information content (AvgIpc) is 2.80. The molecule has 0 bridgehead atoms. The lowest BCUT2D eigenvalue weighted by Crippen LogP contribution is -2.40. The lowest BCUT2D eigenvalue weighted by atomic mass is 10.00. The molecular weight excluding hydrogens is 254 g/mol. The summed E-state index contributed by atoms with van der Waals surface area (Å²) in [6, 6.07) is 7.34. The molecule has 19 heavy (non-hydrogen) atoms. The molecule has 0 spiro atoms. The van der Waals surface area contributed by atoms with Crippen LogP contribution in [0.4, 0.5) is 14.5 Å². The summed E-state index contributed by atoms with van der Waals surface area (Å²) in [5, 5.41) is 12.0. The number of anilines is 1.